The molecule has 9 nitrogen and oxygen atoms in total. The summed E-state index contributed by atoms with van der Waals surface area (Å²) >= 11 is 0. The van der Waals surface area contributed by atoms with Crippen molar-refractivity contribution in [2.45, 2.75) is 6.54 Å². The molecule has 9 heteroatoms. The Hall–Kier alpha value is -3.61. The zero-order chi connectivity index (χ0) is 20.8. The van der Waals surface area contributed by atoms with E-state index in [0.717, 1.165) is 44.2 Å². The molecule has 30 heavy (non-hydrogen) atoms. The predicted molar refractivity (Wildman–Crippen MR) is 110 cm³/mol. The minimum absolute atomic E-state index is 0.289. The molecule has 0 bridgehead atoms. The van der Waals surface area contributed by atoms with E-state index in [1.165, 1.54) is 7.11 Å². The molecule has 1 aliphatic rings. The van der Waals surface area contributed by atoms with Crippen molar-refractivity contribution in [1.29, 1.82) is 5.26 Å². The summed E-state index contributed by atoms with van der Waals surface area (Å²) in [5.41, 5.74) is 3.50. The number of pyridine rings is 2. The van der Waals surface area contributed by atoms with Crippen LogP contribution in [0.4, 0.5) is 11.6 Å². The molecule has 0 aliphatic carbocycles. The lowest BCUT2D eigenvalue weighted by molar-refractivity contribution is 0.0336. The van der Waals surface area contributed by atoms with Crippen LogP contribution in [0.25, 0.3) is 11.3 Å². The van der Waals surface area contributed by atoms with E-state index in [0.29, 0.717) is 22.8 Å². The smallest absolute Gasteiger partial charge is 0.231 e. The molecule has 0 unspecified atom stereocenters. The molecule has 1 saturated heterocycles. The van der Waals surface area contributed by atoms with Crippen molar-refractivity contribution in [3.8, 4) is 23.2 Å². The highest BCUT2D eigenvalue weighted by atomic mass is 16.5. The number of nitrogens with one attached hydrogen (secondary N) is 1. The Kier molecular flexibility index (Phi) is 6.08. The summed E-state index contributed by atoms with van der Waals surface area (Å²) in [4.78, 5) is 19.8. The van der Waals surface area contributed by atoms with Crippen molar-refractivity contribution in [3.63, 3.8) is 0 Å². The maximum Gasteiger partial charge on any atom is 0.231 e. The fourth-order valence-electron chi connectivity index (χ4n) is 3.12. The Morgan fingerprint density at radius 1 is 1.17 bits per heavy atom. The van der Waals surface area contributed by atoms with Crippen molar-refractivity contribution in [3.05, 3.63) is 54.1 Å². The molecule has 3 aromatic rings. The summed E-state index contributed by atoms with van der Waals surface area (Å²) < 4.78 is 10.5. The molecule has 0 radical (unpaired) electrons. The lowest BCUT2D eigenvalue weighted by Gasteiger charge is -2.26. The van der Waals surface area contributed by atoms with Gasteiger partial charge in [-0.25, -0.2) is 15.0 Å². The van der Waals surface area contributed by atoms with Crippen LogP contribution in [-0.2, 0) is 11.3 Å². The van der Waals surface area contributed by atoms with Crippen molar-refractivity contribution in [1.82, 2.24) is 24.8 Å². The quantitative estimate of drug-likeness (QED) is 0.663. The van der Waals surface area contributed by atoms with Crippen LogP contribution in [0.15, 0.2) is 42.9 Å². The highest BCUT2D eigenvalue weighted by Crippen LogP contribution is 2.23. The number of nitrogens with zero attached hydrogens (tertiary/aromatic N) is 6. The standard InChI is InChI=1S/C21H21N7O2/c1-29-20-15(11-22)10-16(12-25-20)19-4-5-23-21(27-19)26-17-2-3-18(24-13-17)14-28-6-8-30-9-7-28/h2-5,10,12-13H,6-9,14H2,1H3,(H,23,26,27). The highest BCUT2D eigenvalue weighted by molar-refractivity contribution is 5.63. The van der Waals surface area contributed by atoms with E-state index >= 15 is 0 Å². The molecule has 3 aromatic heterocycles. The number of morpholine rings is 1. The van der Waals surface area contributed by atoms with Gasteiger partial charge in [0, 0.05) is 37.6 Å². The van der Waals surface area contributed by atoms with Crippen LogP contribution in [0.1, 0.15) is 11.3 Å². The number of hydrogen-bond acceptors (Lipinski definition) is 9. The van der Waals surface area contributed by atoms with Crippen LogP contribution in [0.3, 0.4) is 0 Å². The first-order valence-electron chi connectivity index (χ1n) is 9.55. The van der Waals surface area contributed by atoms with Crippen LogP contribution >= 0.6 is 0 Å². The first kappa shape index (κ1) is 19.7. The second-order valence-electron chi connectivity index (χ2n) is 6.71. The lowest BCUT2D eigenvalue weighted by atomic mass is 10.1. The molecule has 1 N–H and O–H groups in total. The zero-order valence-electron chi connectivity index (χ0n) is 16.6. The molecular formula is C21H21N7O2. The maximum absolute atomic E-state index is 9.27. The summed E-state index contributed by atoms with van der Waals surface area (Å²) in [5.74, 6) is 0.724. The number of hydrogen-bond donors (Lipinski definition) is 1. The van der Waals surface area contributed by atoms with Crippen LogP contribution < -0.4 is 10.1 Å². The van der Waals surface area contributed by atoms with Gasteiger partial charge in [-0.15, -0.1) is 0 Å². The molecule has 0 amide bonds. The van der Waals surface area contributed by atoms with Crippen LogP contribution in [0, 0.1) is 11.3 Å². The molecule has 0 spiro atoms. The zero-order valence-corrected chi connectivity index (χ0v) is 16.6. The molecule has 1 fully saturated rings. The Balaban J connectivity index is 1.46. The molecular weight excluding hydrogens is 382 g/mol. The van der Waals surface area contributed by atoms with Gasteiger partial charge >= 0.3 is 0 Å². The third-order valence-corrected chi connectivity index (χ3v) is 4.69. The molecule has 0 atom stereocenters. The fourth-order valence-corrected chi connectivity index (χ4v) is 3.12. The minimum atomic E-state index is 0.289. The van der Waals surface area contributed by atoms with Crippen molar-refractivity contribution >= 4 is 11.6 Å². The van der Waals surface area contributed by atoms with Gasteiger partial charge in [0.25, 0.3) is 0 Å². The third kappa shape index (κ3) is 4.68. The predicted octanol–water partition coefficient (Wildman–Crippen LogP) is 2.39. The monoisotopic (exact) mass is 403 g/mol. The average molecular weight is 403 g/mol. The minimum Gasteiger partial charge on any atom is -0.480 e. The molecule has 4 rings (SSSR count). The topological polar surface area (TPSA) is 109 Å². The van der Waals surface area contributed by atoms with Crippen LogP contribution in [0.5, 0.6) is 5.88 Å². The number of aromatic nitrogens is 4. The van der Waals surface area contributed by atoms with E-state index in [-0.39, 0.29) is 5.88 Å². The molecule has 0 saturated carbocycles. The van der Waals surface area contributed by atoms with E-state index in [1.807, 2.05) is 12.1 Å². The van der Waals surface area contributed by atoms with Crippen molar-refractivity contribution in [2.75, 3.05) is 38.7 Å². The van der Waals surface area contributed by atoms with Gasteiger partial charge in [0.2, 0.25) is 11.8 Å². The number of rotatable bonds is 6. The van der Waals surface area contributed by atoms with Gasteiger partial charge in [-0.2, -0.15) is 5.26 Å². The van der Waals surface area contributed by atoms with E-state index < -0.39 is 0 Å². The van der Waals surface area contributed by atoms with Crippen LogP contribution in [-0.4, -0.2) is 58.2 Å². The number of methoxy groups -OCH3 is 1. The van der Waals surface area contributed by atoms with Gasteiger partial charge in [0.1, 0.15) is 11.6 Å². The normalized spacial score (nSPS) is 14.1. The Morgan fingerprint density at radius 2 is 2.03 bits per heavy atom. The number of nitriles is 1. The second kappa shape index (κ2) is 9.26. The Labute approximate surface area is 174 Å². The van der Waals surface area contributed by atoms with Crippen LogP contribution in [0.2, 0.25) is 0 Å². The Bertz CT molecular complexity index is 1040. The van der Waals surface area contributed by atoms with Gasteiger partial charge in [-0.1, -0.05) is 0 Å². The molecule has 0 aromatic carbocycles. The van der Waals surface area contributed by atoms with E-state index in [1.54, 1.807) is 30.7 Å². The summed E-state index contributed by atoms with van der Waals surface area (Å²) in [6, 6.07) is 9.49. The van der Waals surface area contributed by atoms with Crippen molar-refractivity contribution in [2.24, 2.45) is 0 Å². The average Bonchev–Trinajstić information content (AvgIpc) is 2.81. The highest BCUT2D eigenvalue weighted by Gasteiger charge is 2.12. The van der Waals surface area contributed by atoms with E-state index in [4.69, 9.17) is 9.47 Å². The largest absolute Gasteiger partial charge is 0.480 e. The third-order valence-electron chi connectivity index (χ3n) is 4.69. The van der Waals surface area contributed by atoms with E-state index in [9.17, 15) is 5.26 Å². The molecule has 4 heterocycles. The fraction of sp³-hybridized carbons (Fsp3) is 0.286. The van der Waals surface area contributed by atoms with Gasteiger partial charge in [-0.05, 0) is 24.3 Å². The van der Waals surface area contributed by atoms with Crippen molar-refractivity contribution < 1.29 is 9.47 Å². The SMILES string of the molecule is COc1ncc(-c2ccnc(Nc3ccc(CN4CCOCC4)nc3)n2)cc1C#N. The maximum atomic E-state index is 9.27. The summed E-state index contributed by atoms with van der Waals surface area (Å²) in [6.45, 7) is 4.20. The van der Waals surface area contributed by atoms with E-state index in [2.05, 4.69) is 36.2 Å². The summed E-state index contributed by atoms with van der Waals surface area (Å²) in [6.07, 6.45) is 5.05. The first-order valence-corrected chi connectivity index (χ1v) is 9.55. The number of anilines is 2. The summed E-state index contributed by atoms with van der Waals surface area (Å²) in [5, 5.41) is 12.4. The second-order valence-corrected chi connectivity index (χ2v) is 6.71. The Morgan fingerprint density at radius 3 is 2.77 bits per heavy atom. The molecule has 1 aliphatic heterocycles. The van der Waals surface area contributed by atoms with Gasteiger partial charge < -0.3 is 14.8 Å². The summed E-state index contributed by atoms with van der Waals surface area (Å²) in [7, 11) is 1.48. The molecule has 152 valence electrons. The van der Waals surface area contributed by atoms with Gasteiger partial charge in [0.15, 0.2) is 0 Å². The number of ether oxygens (including phenoxy) is 2. The van der Waals surface area contributed by atoms with Gasteiger partial charge in [-0.3, -0.25) is 9.88 Å². The lowest BCUT2D eigenvalue weighted by Crippen LogP contribution is -2.35. The van der Waals surface area contributed by atoms with Gasteiger partial charge in [0.05, 0.1) is 43.6 Å². The first-order chi connectivity index (χ1) is 14.7.